The van der Waals surface area contributed by atoms with Crippen molar-refractivity contribution in [1.29, 1.82) is 0 Å². The number of ketones is 1. The fourth-order valence-corrected chi connectivity index (χ4v) is 4.98. The Morgan fingerprint density at radius 2 is 1.65 bits per heavy atom. The molecule has 0 spiro atoms. The van der Waals surface area contributed by atoms with Crippen LogP contribution < -0.4 is 5.69 Å². The van der Waals surface area contributed by atoms with E-state index in [1.807, 2.05) is 48.5 Å². The summed E-state index contributed by atoms with van der Waals surface area (Å²) in [4.78, 5) is 40.0. The fraction of sp³-hybridized carbons (Fsp3) is 0.281. The normalized spacial score (nSPS) is 11.8. The van der Waals surface area contributed by atoms with Crippen LogP contribution in [-0.2, 0) is 22.5 Å². The molecule has 0 saturated heterocycles. The fourth-order valence-electron chi connectivity index (χ4n) is 4.98. The van der Waals surface area contributed by atoms with Crippen LogP contribution in [0.4, 0.5) is 0 Å². The highest BCUT2D eigenvalue weighted by Crippen LogP contribution is 2.30. The molecule has 43 heavy (non-hydrogen) atoms. The number of aromatic amines is 1. The first-order chi connectivity index (χ1) is 21.0. The van der Waals surface area contributed by atoms with E-state index in [1.54, 1.807) is 41.8 Å². The van der Waals surface area contributed by atoms with E-state index in [4.69, 9.17) is 4.74 Å². The number of nitrogens with zero attached hydrogens (tertiary/aromatic N) is 6. The molecule has 5 aromatic rings. The Morgan fingerprint density at radius 1 is 0.930 bits per heavy atom. The van der Waals surface area contributed by atoms with Crippen LogP contribution >= 0.6 is 0 Å². The van der Waals surface area contributed by atoms with Gasteiger partial charge in [0.15, 0.2) is 5.78 Å². The summed E-state index contributed by atoms with van der Waals surface area (Å²) in [5, 5.41) is 19.0. The second kappa shape index (κ2) is 13.6. The van der Waals surface area contributed by atoms with E-state index < -0.39 is 17.7 Å². The van der Waals surface area contributed by atoms with Gasteiger partial charge in [-0.15, -0.1) is 10.2 Å². The second-order valence-electron chi connectivity index (χ2n) is 10.1. The van der Waals surface area contributed by atoms with Gasteiger partial charge < -0.3 is 4.74 Å². The van der Waals surface area contributed by atoms with Gasteiger partial charge >= 0.3 is 11.7 Å². The zero-order valence-electron chi connectivity index (χ0n) is 24.1. The molecule has 11 nitrogen and oxygen atoms in total. The summed E-state index contributed by atoms with van der Waals surface area (Å²) in [7, 11) is 0. The largest absolute Gasteiger partial charge is 0.466 e. The van der Waals surface area contributed by atoms with Crippen molar-refractivity contribution in [2.75, 3.05) is 6.61 Å². The van der Waals surface area contributed by atoms with Gasteiger partial charge in [-0.1, -0.05) is 92.2 Å². The van der Waals surface area contributed by atoms with Crippen LogP contribution in [0.5, 0.6) is 0 Å². The Labute approximate surface area is 248 Å². The van der Waals surface area contributed by atoms with Gasteiger partial charge in [-0.2, -0.15) is 10.3 Å². The Kier molecular flexibility index (Phi) is 9.30. The number of Topliss-reactive ketones (excluding diaryl/α,β-unsaturated/α-hetero) is 1. The number of rotatable bonds is 13. The first-order valence-corrected chi connectivity index (χ1v) is 14.3. The molecule has 1 N–H and O–H groups in total. The number of benzene rings is 3. The van der Waals surface area contributed by atoms with Crippen molar-refractivity contribution in [3.8, 4) is 22.5 Å². The van der Waals surface area contributed by atoms with E-state index in [-0.39, 0.29) is 25.4 Å². The maximum Gasteiger partial charge on any atom is 0.346 e. The van der Waals surface area contributed by atoms with Gasteiger partial charge in [-0.25, -0.2) is 9.48 Å². The van der Waals surface area contributed by atoms with Crippen molar-refractivity contribution in [3.63, 3.8) is 0 Å². The summed E-state index contributed by atoms with van der Waals surface area (Å²) in [5.74, 6) is 0.131. The first-order valence-electron chi connectivity index (χ1n) is 14.3. The Balaban J connectivity index is 1.48. The van der Waals surface area contributed by atoms with Crippen LogP contribution in [0.15, 0.2) is 83.7 Å². The molecular formula is C32H33N7O4. The molecule has 0 amide bonds. The number of carbonyl (C=O) groups is 2. The summed E-state index contributed by atoms with van der Waals surface area (Å²) in [6.07, 6.45) is 1.99. The van der Waals surface area contributed by atoms with E-state index in [2.05, 4.69) is 32.6 Å². The highest BCUT2D eigenvalue weighted by molar-refractivity contribution is 6.00. The number of tetrazole rings is 1. The van der Waals surface area contributed by atoms with Crippen LogP contribution in [0, 0.1) is 0 Å². The minimum Gasteiger partial charge on any atom is -0.466 e. The molecule has 0 saturated carbocycles. The molecule has 1 atom stereocenters. The van der Waals surface area contributed by atoms with Gasteiger partial charge in [0, 0.05) is 17.5 Å². The topological polar surface area (TPSA) is 138 Å². The molecule has 1 unspecified atom stereocenters. The number of aryl methyl sites for hydroxylation is 1. The zero-order valence-corrected chi connectivity index (χ0v) is 24.1. The lowest BCUT2D eigenvalue weighted by Gasteiger charge is -2.15. The molecule has 11 heteroatoms. The maximum atomic E-state index is 13.9. The van der Waals surface area contributed by atoms with Crippen LogP contribution in [-0.4, -0.2) is 53.3 Å². The maximum absolute atomic E-state index is 13.9. The Hall–Kier alpha value is -5.19. The van der Waals surface area contributed by atoms with Crippen molar-refractivity contribution in [2.45, 2.75) is 52.1 Å². The highest BCUT2D eigenvalue weighted by atomic mass is 16.5. The quantitative estimate of drug-likeness (QED) is 0.157. The van der Waals surface area contributed by atoms with Gasteiger partial charge in [0.1, 0.15) is 11.9 Å². The van der Waals surface area contributed by atoms with Crippen LogP contribution in [0.25, 0.3) is 22.5 Å². The number of nitrogens with one attached hydrogen (secondary N) is 1. The third-order valence-electron chi connectivity index (χ3n) is 7.16. The standard InChI is InChI=1S/C32H33N7O4/c1-3-5-15-28-35-39(27(20-29(40)43-4-2)30(41)24-11-7-6-8-12-24)32(42)38(28)21-22-16-18-23(19-17-22)25-13-9-10-14-26(25)31-33-36-37-34-31/h6-14,16-19,27H,3-5,15,20-21H2,1-2H3,(H,33,34,36,37). The molecule has 2 heterocycles. The van der Waals surface area contributed by atoms with Gasteiger partial charge in [0.05, 0.1) is 19.6 Å². The smallest absolute Gasteiger partial charge is 0.346 e. The SMILES string of the molecule is CCCCc1nn(C(CC(=O)OCC)C(=O)c2ccccc2)c(=O)n1Cc1ccc(-c2ccccc2-c2nn[nH]n2)cc1. The van der Waals surface area contributed by atoms with Crippen molar-refractivity contribution in [1.82, 2.24) is 35.0 Å². The highest BCUT2D eigenvalue weighted by Gasteiger charge is 2.30. The molecule has 0 aliphatic carbocycles. The third kappa shape index (κ3) is 6.66. The number of hydrogen-bond donors (Lipinski definition) is 1. The zero-order chi connectivity index (χ0) is 30.2. The minimum absolute atomic E-state index is 0.172. The van der Waals surface area contributed by atoms with Crippen molar-refractivity contribution < 1.29 is 14.3 Å². The number of aromatic nitrogens is 7. The van der Waals surface area contributed by atoms with E-state index >= 15 is 0 Å². The Morgan fingerprint density at radius 3 is 2.33 bits per heavy atom. The van der Waals surface area contributed by atoms with Crippen LogP contribution in [0.2, 0.25) is 0 Å². The number of H-pyrrole nitrogens is 1. The van der Waals surface area contributed by atoms with E-state index in [0.717, 1.165) is 39.8 Å². The lowest BCUT2D eigenvalue weighted by molar-refractivity contribution is -0.143. The molecule has 2 aromatic heterocycles. The average Bonchev–Trinajstić information content (AvgIpc) is 3.68. The number of carbonyl (C=O) groups excluding carboxylic acids is 2. The summed E-state index contributed by atoms with van der Waals surface area (Å²) in [6, 6.07) is 23.2. The molecule has 220 valence electrons. The van der Waals surface area contributed by atoms with Crippen molar-refractivity contribution in [2.24, 2.45) is 0 Å². The summed E-state index contributed by atoms with van der Waals surface area (Å²) in [5.41, 5.74) is 3.59. The van der Waals surface area contributed by atoms with Crippen LogP contribution in [0.3, 0.4) is 0 Å². The van der Waals surface area contributed by atoms with Gasteiger partial charge in [0.2, 0.25) is 5.82 Å². The number of esters is 1. The monoisotopic (exact) mass is 579 g/mol. The average molecular weight is 580 g/mol. The summed E-state index contributed by atoms with van der Waals surface area (Å²) < 4.78 is 7.89. The van der Waals surface area contributed by atoms with Gasteiger partial charge in [-0.3, -0.25) is 14.2 Å². The predicted octanol–water partition coefficient (Wildman–Crippen LogP) is 4.66. The molecule has 3 aromatic carbocycles. The van der Waals surface area contributed by atoms with Crippen LogP contribution in [0.1, 0.15) is 60.9 Å². The predicted molar refractivity (Wildman–Crippen MR) is 160 cm³/mol. The lowest BCUT2D eigenvalue weighted by atomic mass is 9.98. The Bertz CT molecular complexity index is 1730. The molecule has 0 radical (unpaired) electrons. The first kappa shape index (κ1) is 29.3. The number of ether oxygens (including phenoxy) is 1. The van der Waals surface area contributed by atoms with Crippen molar-refractivity contribution in [3.05, 3.63) is 106 Å². The lowest BCUT2D eigenvalue weighted by Crippen LogP contribution is -2.34. The van der Waals surface area contributed by atoms with Gasteiger partial charge in [0.25, 0.3) is 0 Å². The molecular weight excluding hydrogens is 546 g/mol. The van der Waals surface area contributed by atoms with E-state index in [9.17, 15) is 14.4 Å². The minimum atomic E-state index is -1.13. The van der Waals surface area contributed by atoms with Gasteiger partial charge in [-0.05, 0) is 35.2 Å². The molecule has 0 fully saturated rings. The molecule has 0 bridgehead atoms. The van der Waals surface area contributed by atoms with E-state index in [0.29, 0.717) is 23.6 Å². The summed E-state index contributed by atoms with van der Waals surface area (Å²) in [6.45, 7) is 4.19. The third-order valence-corrected chi connectivity index (χ3v) is 7.16. The molecule has 0 aliphatic heterocycles. The number of hydrogen-bond acceptors (Lipinski definition) is 8. The number of unbranched alkanes of at least 4 members (excludes halogenated alkanes) is 1. The van der Waals surface area contributed by atoms with Crippen molar-refractivity contribution >= 4 is 11.8 Å². The van der Waals surface area contributed by atoms with E-state index in [1.165, 1.54) is 0 Å². The molecule has 0 aliphatic rings. The summed E-state index contributed by atoms with van der Waals surface area (Å²) >= 11 is 0. The molecule has 5 rings (SSSR count). The second-order valence-corrected chi connectivity index (χ2v) is 10.1.